The maximum Gasteiger partial charge on any atom is 0.253 e. The lowest BCUT2D eigenvalue weighted by Crippen LogP contribution is -2.33. The molecule has 23 heavy (non-hydrogen) atoms. The SMILES string of the molecule is O=C(CCn1cnccc1=O)NC1CCOc2c(F)cccc21. The van der Waals surface area contributed by atoms with Crippen molar-refractivity contribution in [2.75, 3.05) is 6.61 Å². The second-order valence-corrected chi connectivity index (χ2v) is 5.28. The number of para-hydroxylation sites is 1. The fraction of sp³-hybridized carbons (Fsp3) is 0.312. The van der Waals surface area contributed by atoms with Crippen LogP contribution in [-0.2, 0) is 11.3 Å². The molecule has 1 aromatic heterocycles. The molecule has 0 radical (unpaired) electrons. The first-order valence-corrected chi connectivity index (χ1v) is 7.36. The zero-order valence-electron chi connectivity index (χ0n) is 12.4. The van der Waals surface area contributed by atoms with Crippen molar-refractivity contribution in [3.63, 3.8) is 0 Å². The third-order valence-electron chi connectivity index (χ3n) is 3.73. The van der Waals surface area contributed by atoms with Gasteiger partial charge in [0.15, 0.2) is 11.6 Å². The number of hydrogen-bond acceptors (Lipinski definition) is 4. The highest BCUT2D eigenvalue weighted by atomic mass is 19.1. The average molecular weight is 317 g/mol. The van der Waals surface area contributed by atoms with Gasteiger partial charge < -0.3 is 10.1 Å². The number of nitrogens with zero attached hydrogens (tertiary/aromatic N) is 2. The van der Waals surface area contributed by atoms with Crippen molar-refractivity contribution in [2.24, 2.45) is 0 Å². The van der Waals surface area contributed by atoms with Crippen molar-refractivity contribution < 1.29 is 13.9 Å². The lowest BCUT2D eigenvalue weighted by atomic mass is 10.00. The van der Waals surface area contributed by atoms with Gasteiger partial charge in [0.2, 0.25) is 5.91 Å². The minimum atomic E-state index is -0.427. The number of ether oxygens (including phenoxy) is 1. The number of carbonyl (C=O) groups excluding carboxylic acids is 1. The van der Waals surface area contributed by atoms with Crippen LogP contribution in [0.15, 0.2) is 41.6 Å². The summed E-state index contributed by atoms with van der Waals surface area (Å²) in [4.78, 5) is 27.5. The van der Waals surface area contributed by atoms with Crippen molar-refractivity contribution in [1.29, 1.82) is 0 Å². The van der Waals surface area contributed by atoms with Crippen LogP contribution in [0, 0.1) is 5.82 Å². The number of rotatable bonds is 4. The molecule has 2 aromatic rings. The number of nitrogens with one attached hydrogen (secondary N) is 1. The van der Waals surface area contributed by atoms with E-state index in [4.69, 9.17) is 4.74 Å². The van der Waals surface area contributed by atoms with Crippen molar-refractivity contribution >= 4 is 5.91 Å². The summed E-state index contributed by atoms with van der Waals surface area (Å²) in [7, 11) is 0. The molecule has 0 spiro atoms. The Kier molecular flexibility index (Phi) is 4.36. The van der Waals surface area contributed by atoms with Gasteiger partial charge in [0, 0.05) is 37.2 Å². The number of aromatic nitrogens is 2. The number of halogens is 1. The number of amides is 1. The summed E-state index contributed by atoms with van der Waals surface area (Å²) in [6.45, 7) is 0.596. The van der Waals surface area contributed by atoms with E-state index in [-0.39, 0.29) is 36.2 Å². The first kappa shape index (κ1) is 15.2. The van der Waals surface area contributed by atoms with Gasteiger partial charge in [-0.1, -0.05) is 12.1 Å². The van der Waals surface area contributed by atoms with Crippen LogP contribution in [0.5, 0.6) is 5.75 Å². The summed E-state index contributed by atoms with van der Waals surface area (Å²) in [5.74, 6) is -0.432. The Morgan fingerprint density at radius 3 is 3.13 bits per heavy atom. The molecule has 1 unspecified atom stereocenters. The summed E-state index contributed by atoms with van der Waals surface area (Å²) < 4.78 is 20.4. The van der Waals surface area contributed by atoms with Gasteiger partial charge in [0.25, 0.3) is 5.56 Å². The van der Waals surface area contributed by atoms with Gasteiger partial charge in [-0.15, -0.1) is 0 Å². The normalized spacial score (nSPS) is 16.3. The monoisotopic (exact) mass is 317 g/mol. The summed E-state index contributed by atoms with van der Waals surface area (Å²) in [5.41, 5.74) is 0.439. The van der Waals surface area contributed by atoms with E-state index >= 15 is 0 Å². The van der Waals surface area contributed by atoms with E-state index in [1.165, 1.54) is 29.2 Å². The van der Waals surface area contributed by atoms with Crippen molar-refractivity contribution in [3.8, 4) is 5.75 Å². The molecule has 3 rings (SSSR count). The molecule has 1 amide bonds. The molecule has 1 aliphatic rings. The summed E-state index contributed by atoms with van der Waals surface area (Å²) >= 11 is 0. The van der Waals surface area contributed by atoms with E-state index in [2.05, 4.69) is 10.3 Å². The third kappa shape index (κ3) is 3.39. The minimum Gasteiger partial charge on any atom is -0.490 e. The van der Waals surface area contributed by atoms with E-state index < -0.39 is 5.82 Å². The van der Waals surface area contributed by atoms with Gasteiger partial charge in [0.05, 0.1) is 19.0 Å². The molecule has 0 saturated heterocycles. The molecule has 0 bridgehead atoms. The molecule has 0 saturated carbocycles. The zero-order chi connectivity index (χ0) is 16.2. The van der Waals surface area contributed by atoms with Crippen LogP contribution in [0.2, 0.25) is 0 Å². The van der Waals surface area contributed by atoms with Crippen LogP contribution in [0.1, 0.15) is 24.4 Å². The Labute approximate surface area is 131 Å². The molecule has 2 heterocycles. The fourth-order valence-corrected chi connectivity index (χ4v) is 2.57. The van der Waals surface area contributed by atoms with E-state index in [1.807, 2.05) is 0 Å². The molecule has 1 N–H and O–H groups in total. The number of hydrogen-bond donors (Lipinski definition) is 1. The van der Waals surface area contributed by atoms with Crippen LogP contribution in [0.3, 0.4) is 0 Å². The van der Waals surface area contributed by atoms with Gasteiger partial charge in [-0.05, 0) is 6.07 Å². The van der Waals surface area contributed by atoms with Crippen LogP contribution in [0.4, 0.5) is 4.39 Å². The van der Waals surface area contributed by atoms with Gasteiger partial charge in [-0.25, -0.2) is 9.37 Å². The molecular weight excluding hydrogens is 301 g/mol. The maximum atomic E-state index is 13.7. The number of benzene rings is 1. The Balaban J connectivity index is 1.64. The lowest BCUT2D eigenvalue weighted by Gasteiger charge is -2.27. The standard InChI is InChI=1S/C16H16FN3O3/c17-12-3-1-2-11-13(6-9-23-16(11)12)19-14(21)5-8-20-10-18-7-4-15(20)22/h1-4,7,10,13H,5-6,8-9H2,(H,19,21). The van der Waals surface area contributed by atoms with E-state index in [0.717, 1.165) is 0 Å². The Morgan fingerprint density at radius 1 is 1.43 bits per heavy atom. The highest BCUT2D eigenvalue weighted by Gasteiger charge is 2.25. The van der Waals surface area contributed by atoms with Crippen molar-refractivity contribution in [3.05, 3.63) is 58.5 Å². The zero-order valence-corrected chi connectivity index (χ0v) is 12.4. The van der Waals surface area contributed by atoms with Crippen molar-refractivity contribution in [2.45, 2.75) is 25.4 Å². The number of aryl methyl sites for hydroxylation is 1. The predicted molar refractivity (Wildman–Crippen MR) is 80.5 cm³/mol. The molecule has 0 fully saturated rings. The smallest absolute Gasteiger partial charge is 0.253 e. The van der Waals surface area contributed by atoms with Gasteiger partial charge in [-0.3, -0.25) is 14.2 Å². The maximum absolute atomic E-state index is 13.7. The largest absolute Gasteiger partial charge is 0.490 e. The average Bonchev–Trinajstić information content (AvgIpc) is 2.55. The first-order valence-electron chi connectivity index (χ1n) is 7.36. The minimum absolute atomic E-state index is 0.146. The summed E-state index contributed by atoms with van der Waals surface area (Å²) in [5, 5.41) is 2.87. The van der Waals surface area contributed by atoms with E-state index in [1.54, 1.807) is 12.1 Å². The Bertz CT molecular complexity index is 775. The fourth-order valence-electron chi connectivity index (χ4n) is 2.57. The lowest BCUT2D eigenvalue weighted by molar-refractivity contribution is -0.122. The van der Waals surface area contributed by atoms with Gasteiger partial charge in [-0.2, -0.15) is 0 Å². The molecule has 1 aromatic carbocycles. The number of carbonyl (C=O) groups is 1. The first-order chi connectivity index (χ1) is 11.1. The summed E-state index contributed by atoms with van der Waals surface area (Å²) in [6.07, 6.45) is 3.53. The van der Waals surface area contributed by atoms with E-state index in [0.29, 0.717) is 18.6 Å². The van der Waals surface area contributed by atoms with Crippen LogP contribution >= 0.6 is 0 Å². The highest BCUT2D eigenvalue weighted by molar-refractivity contribution is 5.76. The van der Waals surface area contributed by atoms with Crippen LogP contribution in [0.25, 0.3) is 0 Å². The molecule has 1 aliphatic heterocycles. The molecule has 0 aliphatic carbocycles. The molecular formula is C16H16FN3O3. The van der Waals surface area contributed by atoms with E-state index in [9.17, 15) is 14.0 Å². The number of fused-ring (bicyclic) bond motifs is 1. The molecule has 1 atom stereocenters. The second-order valence-electron chi connectivity index (χ2n) is 5.28. The van der Waals surface area contributed by atoms with Crippen LogP contribution < -0.4 is 15.6 Å². The summed E-state index contributed by atoms with van der Waals surface area (Å²) in [6, 6.07) is 5.73. The second kappa shape index (κ2) is 6.60. The molecule has 120 valence electrons. The molecule has 6 nitrogen and oxygen atoms in total. The topological polar surface area (TPSA) is 73.2 Å². The quantitative estimate of drug-likeness (QED) is 0.925. The van der Waals surface area contributed by atoms with Gasteiger partial charge in [0.1, 0.15) is 0 Å². The third-order valence-corrected chi connectivity index (χ3v) is 3.73. The van der Waals surface area contributed by atoms with Crippen LogP contribution in [-0.4, -0.2) is 22.1 Å². The van der Waals surface area contributed by atoms with Gasteiger partial charge >= 0.3 is 0 Å². The molecule has 7 heteroatoms. The highest BCUT2D eigenvalue weighted by Crippen LogP contribution is 2.33. The predicted octanol–water partition coefficient (Wildman–Crippen LogP) is 1.41. The Hall–Kier alpha value is -2.70. The Morgan fingerprint density at radius 2 is 2.30 bits per heavy atom. The van der Waals surface area contributed by atoms with Crippen molar-refractivity contribution in [1.82, 2.24) is 14.9 Å².